The molecule has 13 rings (SSSR count). The van der Waals surface area contributed by atoms with Crippen molar-refractivity contribution in [3.05, 3.63) is 176 Å². The van der Waals surface area contributed by atoms with Crippen molar-refractivity contribution in [3.63, 3.8) is 0 Å². The Morgan fingerprint density at radius 1 is 0.404 bits per heavy atom. The Balaban J connectivity index is 1.03. The molecule has 0 radical (unpaired) electrons. The van der Waals surface area contributed by atoms with Gasteiger partial charge >= 0.3 is 0 Å². The van der Waals surface area contributed by atoms with Crippen LogP contribution in [-0.2, 0) is 0 Å². The molecule has 13 aromatic rings. The van der Waals surface area contributed by atoms with Crippen molar-refractivity contribution in [1.29, 1.82) is 0 Å². The number of hydrogen-bond donors (Lipinski definition) is 0. The molecule has 7 aromatic carbocycles. The largest absolute Gasteiger partial charge is 0.278 e. The van der Waals surface area contributed by atoms with Gasteiger partial charge in [-0.1, -0.05) is 91.0 Å². The van der Waals surface area contributed by atoms with Crippen LogP contribution in [0.5, 0.6) is 0 Å². The molecule has 266 valence electrons. The number of rotatable bonds is 4. The Morgan fingerprint density at radius 2 is 0.982 bits per heavy atom. The third-order valence-electron chi connectivity index (χ3n) is 11.5. The van der Waals surface area contributed by atoms with Crippen molar-refractivity contribution in [2.45, 2.75) is 0 Å². The monoisotopic (exact) mass is 747 g/mol. The van der Waals surface area contributed by atoms with Crippen molar-refractivity contribution < 1.29 is 0 Å². The molecular formula is C49H29N7S. The SMILES string of the molecule is c1ccc(-c2ccc(-n3c4ccc(-c5ccc6c(c5)n5c7ccccc7nc5n6-c5cccc6c5sc5ncccc56)cc4n4c5ccccc5nc34)cc2)cc1. The van der Waals surface area contributed by atoms with Crippen LogP contribution in [0.3, 0.4) is 0 Å². The van der Waals surface area contributed by atoms with E-state index in [0.717, 1.165) is 83.0 Å². The number of hydrogen-bond acceptors (Lipinski definition) is 4. The van der Waals surface area contributed by atoms with E-state index in [0.29, 0.717) is 0 Å². The predicted molar refractivity (Wildman–Crippen MR) is 234 cm³/mol. The molecule has 57 heavy (non-hydrogen) atoms. The highest BCUT2D eigenvalue weighted by Crippen LogP contribution is 2.40. The number of thiophene rings is 1. The van der Waals surface area contributed by atoms with Gasteiger partial charge in [0.2, 0.25) is 11.6 Å². The van der Waals surface area contributed by atoms with Gasteiger partial charge in [-0.3, -0.25) is 17.9 Å². The number of fused-ring (bicyclic) bond motifs is 13. The molecule has 6 aromatic heterocycles. The van der Waals surface area contributed by atoms with Crippen LogP contribution in [0.15, 0.2) is 176 Å². The van der Waals surface area contributed by atoms with E-state index in [9.17, 15) is 0 Å². The number of imidazole rings is 4. The van der Waals surface area contributed by atoms with Gasteiger partial charge in [0.15, 0.2) is 0 Å². The van der Waals surface area contributed by atoms with E-state index >= 15 is 0 Å². The van der Waals surface area contributed by atoms with Crippen LogP contribution in [0.4, 0.5) is 0 Å². The number of pyridine rings is 1. The van der Waals surface area contributed by atoms with Gasteiger partial charge in [-0.25, -0.2) is 15.0 Å². The molecule has 8 heteroatoms. The molecule has 0 amide bonds. The Labute approximate surface area is 328 Å². The number of nitrogens with zero attached hydrogens (tertiary/aromatic N) is 7. The molecular weight excluding hydrogens is 719 g/mol. The van der Waals surface area contributed by atoms with Gasteiger partial charge in [-0.05, 0) is 101 Å². The maximum atomic E-state index is 5.25. The van der Waals surface area contributed by atoms with Crippen molar-refractivity contribution in [3.8, 4) is 33.6 Å². The van der Waals surface area contributed by atoms with E-state index in [4.69, 9.17) is 15.0 Å². The lowest BCUT2D eigenvalue weighted by Crippen LogP contribution is -1.95. The van der Waals surface area contributed by atoms with Crippen molar-refractivity contribution in [1.82, 2.24) is 32.9 Å². The third-order valence-corrected chi connectivity index (χ3v) is 12.6. The Bertz CT molecular complexity index is 3750. The predicted octanol–water partition coefficient (Wildman–Crippen LogP) is 12.3. The van der Waals surface area contributed by atoms with E-state index in [1.54, 1.807) is 11.3 Å². The first-order valence-electron chi connectivity index (χ1n) is 19.0. The first-order chi connectivity index (χ1) is 28.3. The summed E-state index contributed by atoms with van der Waals surface area (Å²) in [6, 6.07) is 60.5. The molecule has 7 nitrogen and oxygen atoms in total. The second-order valence-corrected chi connectivity index (χ2v) is 15.6. The summed E-state index contributed by atoms with van der Waals surface area (Å²) in [5.41, 5.74) is 15.3. The molecule has 0 aliphatic rings. The highest BCUT2D eigenvalue weighted by atomic mass is 32.1. The van der Waals surface area contributed by atoms with Crippen molar-refractivity contribution >= 4 is 87.3 Å². The summed E-state index contributed by atoms with van der Waals surface area (Å²) in [4.78, 5) is 16.2. The fourth-order valence-electron chi connectivity index (χ4n) is 8.88. The second kappa shape index (κ2) is 11.5. The molecule has 0 aliphatic heterocycles. The van der Waals surface area contributed by atoms with E-state index in [1.807, 2.05) is 12.3 Å². The number of para-hydroxylation sites is 4. The summed E-state index contributed by atoms with van der Waals surface area (Å²) in [6.07, 6.45) is 1.87. The molecule has 0 saturated carbocycles. The molecule has 0 fully saturated rings. The van der Waals surface area contributed by atoms with E-state index < -0.39 is 0 Å². The average molecular weight is 748 g/mol. The van der Waals surface area contributed by atoms with Gasteiger partial charge in [0, 0.05) is 22.7 Å². The van der Waals surface area contributed by atoms with E-state index in [-0.39, 0.29) is 0 Å². The standard InChI is InChI=1S/C49H29N7S/c1-2-10-30(11-3-1)31-19-23-34(24-20-31)53-41-25-21-32(28-44(41)54-39-16-6-4-14-37(39)51-48(53)54)33-22-26-42-45(29-33)55-40-17-7-5-15-38(40)52-49(55)56(42)43-18-8-12-35-36-13-9-27-50-47(36)57-46(35)43/h1-29H. The second-order valence-electron chi connectivity index (χ2n) is 14.6. The first-order valence-corrected chi connectivity index (χ1v) is 19.8. The van der Waals surface area contributed by atoms with Crippen LogP contribution in [-0.4, -0.2) is 32.9 Å². The van der Waals surface area contributed by atoms with Crippen LogP contribution >= 0.6 is 11.3 Å². The first kappa shape index (κ1) is 30.7. The quantitative estimate of drug-likeness (QED) is 0.180. The lowest BCUT2D eigenvalue weighted by Gasteiger charge is -2.09. The fraction of sp³-hybridized carbons (Fsp3) is 0. The Kier molecular flexibility index (Phi) is 6.19. The summed E-state index contributed by atoms with van der Waals surface area (Å²) in [5, 5.41) is 2.38. The van der Waals surface area contributed by atoms with Crippen LogP contribution in [0.2, 0.25) is 0 Å². The van der Waals surface area contributed by atoms with Gasteiger partial charge in [-0.2, -0.15) is 0 Å². The van der Waals surface area contributed by atoms with Crippen LogP contribution in [0, 0.1) is 0 Å². The normalized spacial score (nSPS) is 12.2. The molecule has 0 spiro atoms. The highest BCUT2D eigenvalue weighted by Gasteiger charge is 2.22. The van der Waals surface area contributed by atoms with E-state index in [2.05, 4.69) is 182 Å². The zero-order valence-corrected chi connectivity index (χ0v) is 31.1. The molecule has 6 heterocycles. The Hall–Kier alpha value is -7.55. The fourth-order valence-corrected chi connectivity index (χ4v) is 10.0. The van der Waals surface area contributed by atoms with Crippen LogP contribution in [0.1, 0.15) is 0 Å². The summed E-state index contributed by atoms with van der Waals surface area (Å²) in [7, 11) is 0. The lowest BCUT2D eigenvalue weighted by molar-refractivity contribution is 1.11. The minimum absolute atomic E-state index is 0.888. The number of aromatic nitrogens is 7. The molecule has 0 atom stereocenters. The molecule has 0 N–H and O–H groups in total. The zero-order valence-electron chi connectivity index (χ0n) is 30.3. The minimum atomic E-state index is 0.888. The molecule has 0 unspecified atom stereocenters. The average Bonchev–Trinajstić information content (AvgIpc) is 4.07. The summed E-state index contributed by atoms with van der Waals surface area (Å²) in [5.74, 6) is 1.78. The van der Waals surface area contributed by atoms with E-state index in [1.165, 1.54) is 26.6 Å². The zero-order chi connectivity index (χ0) is 37.2. The smallest absolute Gasteiger partial charge is 0.220 e. The van der Waals surface area contributed by atoms with Gasteiger partial charge in [0.25, 0.3) is 0 Å². The molecule has 0 aliphatic carbocycles. The van der Waals surface area contributed by atoms with Crippen molar-refractivity contribution in [2.24, 2.45) is 0 Å². The maximum absolute atomic E-state index is 5.25. The van der Waals surface area contributed by atoms with Crippen LogP contribution < -0.4 is 0 Å². The van der Waals surface area contributed by atoms with Gasteiger partial charge in [-0.15, -0.1) is 11.3 Å². The summed E-state index contributed by atoms with van der Waals surface area (Å²) < 4.78 is 10.4. The van der Waals surface area contributed by atoms with Crippen LogP contribution in [0.25, 0.3) is 110 Å². The molecule has 0 saturated heterocycles. The Morgan fingerprint density at radius 3 is 1.68 bits per heavy atom. The number of benzene rings is 7. The topological polar surface area (TPSA) is 57.3 Å². The molecule has 0 bridgehead atoms. The van der Waals surface area contributed by atoms with Gasteiger partial charge < -0.3 is 0 Å². The lowest BCUT2D eigenvalue weighted by atomic mass is 10.0. The van der Waals surface area contributed by atoms with Gasteiger partial charge in [0.05, 0.1) is 54.5 Å². The minimum Gasteiger partial charge on any atom is -0.278 e. The van der Waals surface area contributed by atoms with Gasteiger partial charge in [0.1, 0.15) is 4.83 Å². The third kappa shape index (κ3) is 4.33. The summed E-state index contributed by atoms with van der Waals surface area (Å²) in [6.45, 7) is 0. The van der Waals surface area contributed by atoms with Crippen molar-refractivity contribution in [2.75, 3.05) is 0 Å². The highest BCUT2D eigenvalue weighted by molar-refractivity contribution is 7.25. The summed E-state index contributed by atoms with van der Waals surface area (Å²) >= 11 is 1.74. The maximum Gasteiger partial charge on any atom is 0.220 e.